The minimum atomic E-state index is -0.0767. The van der Waals surface area contributed by atoms with Crippen LogP contribution in [0.15, 0.2) is 23.8 Å². The molecule has 0 bridgehead atoms. The summed E-state index contributed by atoms with van der Waals surface area (Å²) in [7, 11) is 0. The lowest BCUT2D eigenvalue weighted by atomic mass is 9.83. The maximum atomic E-state index is 12.5. The molecule has 3 atom stereocenters. The Kier molecular flexibility index (Phi) is 6.65. The minimum Gasteiger partial charge on any atom is -0.377 e. The summed E-state index contributed by atoms with van der Waals surface area (Å²) in [5.74, 6) is 0.591. The summed E-state index contributed by atoms with van der Waals surface area (Å²) < 4.78 is 5.77. The van der Waals surface area contributed by atoms with E-state index in [1.165, 1.54) is 11.3 Å². The molecule has 7 nitrogen and oxygen atoms in total. The standard InChI is InChI=1S/C18H25N5O2S/c1-2-8-25-15-5-4-12(9-14(15)19)17(24)22-10-13-11-26-18(23-13)16-20-6-3-7-21-16/h3,6-7,11-12,14-15H,2,4-5,8-10,19H2,1H3,(H,22,24)/t12-,14+,15+/m0/s1. The number of nitrogens with two attached hydrogens (primary N) is 1. The van der Waals surface area contributed by atoms with Crippen LogP contribution in [0, 0.1) is 5.92 Å². The molecule has 8 heteroatoms. The number of thiazole rings is 1. The number of hydrogen-bond acceptors (Lipinski definition) is 7. The van der Waals surface area contributed by atoms with Crippen molar-refractivity contribution in [3.63, 3.8) is 0 Å². The van der Waals surface area contributed by atoms with Gasteiger partial charge in [-0.3, -0.25) is 4.79 Å². The third-order valence-corrected chi connectivity index (χ3v) is 5.38. The van der Waals surface area contributed by atoms with E-state index in [1.54, 1.807) is 18.5 Å². The summed E-state index contributed by atoms with van der Waals surface area (Å²) >= 11 is 1.47. The minimum absolute atomic E-state index is 0.0416. The van der Waals surface area contributed by atoms with Gasteiger partial charge >= 0.3 is 0 Å². The van der Waals surface area contributed by atoms with Crippen LogP contribution in [0.2, 0.25) is 0 Å². The van der Waals surface area contributed by atoms with Crippen LogP contribution in [0.25, 0.3) is 10.8 Å². The van der Waals surface area contributed by atoms with E-state index >= 15 is 0 Å². The Hall–Kier alpha value is -1.90. The molecule has 0 unspecified atom stereocenters. The van der Waals surface area contributed by atoms with Crippen LogP contribution in [0.4, 0.5) is 0 Å². The number of carbonyl (C=O) groups is 1. The Morgan fingerprint density at radius 2 is 2.19 bits per heavy atom. The first-order valence-electron chi connectivity index (χ1n) is 9.04. The van der Waals surface area contributed by atoms with Gasteiger partial charge in [-0.2, -0.15) is 0 Å². The van der Waals surface area contributed by atoms with Crippen molar-refractivity contribution in [2.75, 3.05) is 6.61 Å². The number of rotatable bonds is 7. The van der Waals surface area contributed by atoms with Crippen molar-refractivity contribution in [2.24, 2.45) is 11.7 Å². The zero-order valence-corrected chi connectivity index (χ0v) is 15.7. The van der Waals surface area contributed by atoms with E-state index in [9.17, 15) is 4.79 Å². The quantitative estimate of drug-likeness (QED) is 0.768. The number of carbonyl (C=O) groups excluding carboxylic acids is 1. The molecule has 2 heterocycles. The summed E-state index contributed by atoms with van der Waals surface area (Å²) in [5, 5.41) is 5.66. The third-order valence-electron chi connectivity index (χ3n) is 4.49. The van der Waals surface area contributed by atoms with Gasteiger partial charge in [0.1, 0.15) is 0 Å². The normalized spacial score (nSPS) is 22.9. The monoisotopic (exact) mass is 375 g/mol. The zero-order chi connectivity index (χ0) is 18.4. The second-order valence-corrected chi connectivity index (χ2v) is 7.38. The Morgan fingerprint density at radius 3 is 2.92 bits per heavy atom. The topological polar surface area (TPSA) is 103 Å². The Morgan fingerprint density at radius 1 is 1.38 bits per heavy atom. The van der Waals surface area contributed by atoms with Crippen molar-refractivity contribution in [1.82, 2.24) is 20.3 Å². The summed E-state index contributed by atoms with van der Waals surface area (Å²) in [4.78, 5) is 25.3. The largest absolute Gasteiger partial charge is 0.377 e. The predicted molar refractivity (Wildman–Crippen MR) is 100 cm³/mol. The SMILES string of the molecule is CCCO[C@@H]1CC[C@H](C(=O)NCc2csc(-c3ncccn3)n2)C[C@H]1N. The molecule has 0 radical (unpaired) electrons. The lowest BCUT2D eigenvalue weighted by Gasteiger charge is -2.33. The number of hydrogen-bond donors (Lipinski definition) is 2. The first-order valence-corrected chi connectivity index (χ1v) is 9.92. The first-order chi connectivity index (χ1) is 12.7. The molecular formula is C18H25N5O2S. The molecule has 1 amide bonds. The lowest BCUT2D eigenvalue weighted by Crippen LogP contribution is -2.46. The van der Waals surface area contributed by atoms with Crippen LogP contribution in [-0.4, -0.2) is 39.6 Å². The van der Waals surface area contributed by atoms with Gasteiger partial charge in [-0.1, -0.05) is 6.92 Å². The van der Waals surface area contributed by atoms with Crippen LogP contribution >= 0.6 is 11.3 Å². The van der Waals surface area contributed by atoms with E-state index in [1.807, 2.05) is 5.38 Å². The molecule has 2 aromatic rings. The summed E-state index contributed by atoms with van der Waals surface area (Å²) in [6.45, 7) is 3.22. The molecule has 26 heavy (non-hydrogen) atoms. The van der Waals surface area contributed by atoms with E-state index in [0.29, 0.717) is 18.8 Å². The maximum Gasteiger partial charge on any atom is 0.223 e. The Balaban J connectivity index is 1.48. The number of ether oxygens (including phenoxy) is 1. The number of nitrogens with one attached hydrogen (secondary N) is 1. The van der Waals surface area contributed by atoms with Gasteiger partial charge in [-0.15, -0.1) is 11.3 Å². The molecule has 3 N–H and O–H groups in total. The molecular weight excluding hydrogens is 350 g/mol. The van der Waals surface area contributed by atoms with Gasteiger partial charge in [-0.25, -0.2) is 15.0 Å². The highest BCUT2D eigenvalue weighted by atomic mass is 32.1. The Bertz CT molecular complexity index is 709. The highest BCUT2D eigenvalue weighted by Crippen LogP contribution is 2.26. The molecule has 0 spiro atoms. The molecule has 0 saturated heterocycles. The molecule has 140 valence electrons. The maximum absolute atomic E-state index is 12.5. The van der Waals surface area contributed by atoms with Crippen molar-refractivity contribution in [3.05, 3.63) is 29.5 Å². The van der Waals surface area contributed by atoms with Gasteiger partial charge in [0.25, 0.3) is 0 Å². The second-order valence-electron chi connectivity index (χ2n) is 6.52. The molecule has 1 aliphatic carbocycles. The highest BCUT2D eigenvalue weighted by molar-refractivity contribution is 7.13. The second kappa shape index (κ2) is 9.16. The van der Waals surface area contributed by atoms with E-state index < -0.39 is 0 Å². The fraction of sp³-hybridized carbons (Fsp3) is 0.556. The lowest BCUT2D eigenvalue weighted by molar-refractivity contribution is -0.127. The van der Waals surface area contributed by atoms with Gasteiger partial charge in [0.05, 0.1) is 18.3 Å². The predicted octanol–water partition coefficient (Wildman–Crippen LogP) is 2.14. The van der Waals surface area contributed by atoms with E-state index in [0.717, 1.165) is 36.6 Å². The van der Waals surface area contributed by atoms with Gasteiger partial charge in [0, 0.05) is 36.3 Å². The summed E-state index contributed by atoms with van der Waals surface area (Å²) in [5.41, 5.74) is 7.01. The van der Waals surface area contributed by atoms with Gasteiger partial charge < -0.3 is 15.8 Å². The summed E-state index contributed by atoms with van der Waals surface area (Å²) in [6.07, 6.45) is 6.76. The third kappa shape index (κ3) is 4.84. The van der Waals surface area contributed by atoms with Crippen LogP contribution in [-0.2, 0) is 16.1 Å². The van der Waals surface area contributed by atoms with E-state index in [-0.39, 0.29) is 24.0 Å². The molecule has 1 saturated carbocycles. The van der Waals surface area contributed by atoms with Crippen molar-refractivity contribution in [1.29, 1.82) is 0 Å². The van der Waals surface area contributed by atoms with Crippen LogP contribution in [0.5, 0.6) is 0 Å². The Labute approximate surface area is 157 Å². The molecule has 2 aromatic heterocycles. The van der Waals surface area contributed by atoms with Crippen molar-refractivity contribution in [3.8, 4) is 10.8 Å². The summed E-state index contributed by atoms with van der Waals surface area (Å²) in [6, 6.07) is 1.69. The molecule has 3 rings (SSSR count). The fourth-order valence-electron chi connectivity index (χ4n) is 3.11. The van der Waals surface area contributed by atoms with E-state index in [4.69, 9.17) is 10.5 Å². The van der Waals surface area contributed by atoms with Gasteiger partial charge in [0.15, 0.2) is 10.8 Å². The molecule has 0 aliphatic heterocycles. The van der Waals surface area contributed by atoms with Crippen LogP contribution in [0.3, 0.4) is 0 Å². The molecule has 0 aromatic carbocycles. The fourth-order valence-corrected chi connectivity index (χ4v) is 3.88. The van der Waals surface area contributed by atoms with Crippen molar-refractivity contribution >= 4 is 17.2 Å². The van der Waals surface area contributed by atoms with Crippen molar-refractivity contribution < 1.29 is 9.53 Å². The number of amides is 1. The van der Waals surface area contributed by atoms with Crippen molar-refractivity contribution in [2.45, 2.75) is 51.3 Å². The highest BCUT2D eigenvalue weighted by Gasteiger charge is 2.32. The molecule has 1 aliphatic rings. The zero-order valence-electron chi connectivity index (χ0n) is 14.9. The van der Waals surface area contributed by atoms with Crippen LogP contribution in [0.1, 0.15) is 38.3 Å². The smallest absolute Gasteiger partial charge is 0.223 e. The van der Waals surface area contributed by atoms with E-state index in [2.05, 4.69) is 27.2 Å². The number of nitrogens with zero attached hydrogens (tertiary/aromatic N) is 3. The van der Waals surface area contributed by atoms with Gasteiger partial charge in [-0.05, 0) is 31.7 Å². The average molecular weight is 375 g/mol. The first kappa shape index (κ1) is 18.9. The van der Waals surface area contributed by atoms with Crippen LogP contribution < -0.4 is 11.1 Å². The van der Waals surface area contributed by atoms with Gasteiger partial charge in [0.2, 0.25) is 5.91 Å². The average Bonchev–Trinajstić information content (AvgIpc) is 3.15. The number of aromatic nitrogens is 3. The molecule has 1 fully saturated rings.